The maximum absolute atomic E-state index is 12.0. The highest BCUT2D eigenvalue weighted by molar-refractivity contribution is 5.94. The third-order valence-electron chi connectivity index (χ3n) is 2.29. The van der Waals surface area contributed by atoms with Gasteiger partial charge in [0.15, 0.2) is 5.82 Å². The van der Waals surface area contributed by atoms with Crippen LogP contribution in [0.15, 0.2) is 22.9 Å². The first-order valence-corrected chi connectivity index (χ1v) is 5.83. The molecule has 102 valence electrons. The fourth-order valence-corrected chi connectivity index (χ4v) is 1.47. The zero-order valence-electron chi connectivity index (χ0n) is 10.8. The van der Waals surface area contributed by atoms with Gasteiger partial charge in [-0.2, -0.15) is 4.98 Å². The molecule has 0 saturated heterocycles. The second kappa shape index (κ2) is 6.45. The van der Waals surface area contributed by atoms with Crippen LogP contribution in [0.25, 0.3) is 0 Å². The molecule has 2 rings (SSSR count). The molecule has 0 aromatic carbocycles. The van der Waals surface area contributed by atoms with E-state index < -0.39 is 5.91 Å². The number of nitrogens with one attached hydrogen (secondary N) is 1. The van der Waals surface area contributed by atoms with Crippen LogP contribution in [0.4, 0.5) is 0 Å². The molecule has 0 aliphatic heterocycles. The number of aromatic nitrogens is 3. The molecule has 0 radical (unpaired) electrons. The van der Waals surface area contributed by atoms with Crippen molar-refractivity contribution in [2.75, 3.05) is 6.61 Å². The van der Waals surface area contributed by atoms with Gasteiger partial charge in [0.25, 0.3) is 5.91 Å². The van der Waals surface area contributed by atoms with E-state index in [2.05, 4.69) is 32.3 Å². The molecule has 0 fully saturated rings. The van der Waals surface area contributed by atoms with E-state index in [-0.39, 0.29) is 18.8 Å². The second-order valence-corrected chi connectivity index (χ2v) is 3.78. The lowest BCUT2D eigenvalue weighted by Crippen LogP contribution is -2.25. The molecule has 2 aromatic rings. The largest absolute Gasteiger partial charge is 0.384 e. The number of nitrogens with zero attached hydrogens (tertiary/aromatic N) is 3. The van der Waals surface area contributed by atoms with E-state index >= 15 is 0 Å². The number of pyridine rings is 1. The highest BCUT2D eigenvalue weighted by atomic mass is 16.5. The number of aryl methyl sites for hydroxylation is 1. The predicted molar refractivity (Wildman–Crippen MR) is 68.4 cm³/mol. The van der Waals surface area contributed by atoms with Crippen LogP contribution in [0.3, 0.4) is 0 Å². The van der Waals surface area contributed by atoms with Crippen LogP contribution in [-0.4, -0.2) is 32.7 Å². The van der Waals surface area contributed by atoms with E-state index in [4.69, 9.17) is 9.63 Å². The molecule has 1 amide bonds. The van der Waals surface area contributed by atoms with Crippen molar-refractivity contribution in [1.82, 2.24) is 20.4 Å². The van der Waals surface area contributed by atoms with Crippen molar-refractivity contribution in [2.45, 2.75) is 13.5 Å². The minimum absolute atomic E-state index is 0.114. The SMILES string of the molecule is Cc1noc(CNC(=O)c2ncccc2C#CCO)n1. The smallest absolute Gasteiger partial charge is 0.271 e. The lowest BCUT2D eigenvalue weighted by Gasteiger charge is -2.03. The van der Waals surface area contributed by atoms with Gasteiger partial charge in [-0.05, 0) is 19.1 Å². The lowest BCUT2D eigenvalue weighted by atomic mass is 10.2. The fraction of sp³-hybridized carbons (Fsp3) is 0.231. The van der Waals surface area contributed by atoms with Crippen LogP contribution >= 0.6 is 0 Å². The second-order valence-electron chi connectivity index (χ2n) is 3.78. The van der Waals surface area contributed by atoms with E-state index in [1.54, 1.807) is 19.1 Å². The average molecular weight is 272 g/mol. The number of carbonyl (C=O) groups is 1. The molecule has 7 nitrogen and oxygen atoms in total. The molecule has 2 aromatic heterocycles. The topological polar surface area (TPSA) is 101 Å². The summed E-state index contributed by atoms with van der Waals surface area (Å²) in [5.41, 5.74) is 0.630. The summed E-state index contributed by atoms with van der Waals surface area (Å²) in [6.45, 7) is 1.52. The Morgan fingerprint density at radius 2 is 2.40 bits per heavy atom. The van der Waals surface area contributed by atoms with E-state index in [1.165, 1.54) is 6.20 Å². The monoisotopic (exact) mass is 272 g/mol. The average Bonchev–Trinajstić information content (AvgIpc) is 2.88. The van der Waals surface area contributed by atoms with Crippen molar-refractivity contribution in [1.29, 1.82) is 0 Å². The highest BCUT2D eigenvalue weighted by Crippen LogP contribution is 2.04. The maximum atomic E-state index is 12.0. The molecular formula is C13H12N4O3. The Balaban J connectivity index is 2.09. The summed E-state index contributed by atoms with van der Waals surface area (Å²) in [6.07, 6.45) is 1.50. The summed E-state index contributed by atoms with van der Waals surface area (Å²) in [7, 11) is 0. The van der Waals surface area contributed by atoms with Crippen molar-refractivity contribution in [3.05, 3.63) is 41.3 Å². The van der Waals surface area contributed by atoms with Gasteiger partial charge in [0, 0.05) is 6.20 Å². The summed E-state index contributed by atoms with van der Waals surface area (Å²) >= 11 is 0. The van der Waals surface area contributed by atoms with Crippen LogP contribution in [0.2, 0.25) is 0 Å². The number of amides is 1. The van der Waals surface area contributed by atoms with E-state index in [1.807, 2.05) is 0 Å². The van der Waals surface area contributed by atoms with Gasteiger partial charge in [0.05, 0.1) is 12.1 Å². The molecule has 0 unspecified atom stereocenters. The van der Waals surface area contributed by atoms with Gasteiger partial charge < -0.3 is 14.9 Å². The number of aliphatic hydroxyl groups is 1. The third-order valence-corrected chi connectivity index (χ3v) is 2.29. The maximum Gasteiger partial charge on any atom is 0.271 e. The van der Waals surface area contributed by atoms with Gasteiger partial charge in [0.1, 0.15) is 12.3 Å². The van der Waals surface area contributed by atoms with E-state index in [9.17, 15) is 4.79 Å². The number of hydrogen-bond donors (Lipinski definition) is 2. The standard InChI is InChI=1S/C13H12N4O3/c1-9-16-11(20-17-9)8-15-13(19)12-10(5-3-7-18)4-2-6-14-12/h2,4,6,18H,7-8H2,1H3,(H,15,19). The summed E-state index contributed by atoms with van der Waals surface area (Å²) in [4.78, 5) is 20.0. The molecule has 0 bridgehead atoms. The molecule has 0 aliphatic rings. The number of aliphatic hydroxyl groups excluding tert-OH is 1. The Morgan fingerprint density at radius 1 is 1.55 bits per heavy atom. The molecule has 0 spiro atoms. The van der Waals surface area contributed by atoms with Crippen molar-refractivity contribution in [3.8, 4) is 11.8 Å². The Morgan fingerprint density at radius 3 is 3.10 bits per heavy atom. The number of rotatable bonds is 3. The van der Waals surface area contributed by atoms with Crippen LogP contribution < -0.4 is 5.32 Å². The van der Waals surface area contributed by atoms with Crippen LogP contribution in [0, 0.1) is 18.8 Å². The highest BCUT2D eigenvalue weighted by Gasteiger charge is 2.12. The van der Waals surface area contributed by atoms with Gasteiger partial charge in [-0.25, -0.2) is 4.98 Å². The fourth-order valence-electron chi connectivity index (χ4n) is 1.47. The predicted octanol–water partition coefficient (Wildman–Crippen LogP) is 0.0468. The lowest BCUT2D eigenvalue weighted by molar-refractivity contribution is 0.0941. The Hall–Kier alpha value is -2.72. The Labute approximate surface area is 115 Å². The summed E-state index contributed by atoms with van der Waals surface area (Å²) in [5.74, 6) is 5.57. The van der Waals surface area contributed by atoms with Gasteiger partial charge in [-0.3, -0.25) is 4.79 Å². The van der Waals surface area contributed by atoms with Crippen molar-refractivity contribution >= 4 is 5.91 Å². The van der Waals surface area contributed by atoms with Gasteiger partial charge in [-0.15, -0.1) is 0 Å². The summed E-state index contributed by atoms with van der Waals surface area (Å²) in [6, 6.07) is 3.32. The van der Waals surface area contributed by atoms with Crippen LogP contribution in [-0.2, 0) is 6.54 Å². The molecule has 2 N–H and O–H groups in total. The molecule has 0 aliphatic carbocycles. The van der Waals surface area contributed by atoms with Gasteiger partial charge in [-0.1, -0.05) is 17.0 Å². The van der Waals surface area contributed by atoms with Gasteiger partial charge in [0.2, 0.25) is 5.89 Å². The Kier molecular flexibility index (Phi) is 4.42. The quantitative estimate of drug-likeness (QED) is 0.765. The number of hydrogen-bond acceptors (Lipinski definition) is 6. The van der Waals surface area contributed by atoms with Crippen molar-refractivity contribution in [3.63, 3.8) is 0 Å². The van der Waals surface area contributed by atoms with Gasteiger partial charge >= 0.3 is 0 Å². The summed E-state index contributed by atoms with van der Waals surface area (Å²) in [5, 5.41) is 14.9. The first-order chi connectivity index (χ1) is 9.70. The zero-order valence-corrected chi connectivity index (χ0v) is 10.8. The first kappa shape index (κ1) is 13.7. The summed E-state index contributed by atoms with van der Waals surface area (Å²) < 4.78 is 4.89. The molecule has 0 atom stereocenters. The molecule has 2 heterocycles. The van der Waals surface area contributed by atoms with E-state index in [0.29, 0.717) is 17.3 Å². The molecule has 7 heteroatoms. The molecule has 20 heavy (non-hydrogen) atoms. The molecular weight excluding hydrogens is 260 g/mol. The van der Waals surface area contributed by atoms with Crippen LogP contribution in [0.1, 0.15) is 27.8 Å². The first-order valence-electron chi connectivity index (χ1n) is 5.83. The zero-order chi connectivity index (χ0) is 14.4. The third kappa shape index (κ3) is 3.40. The van der Waals surface area contributed by atoms with Crippen LogP contribution in [0.5, 0.6) is 0 Å². The Bertz CT molecular complexity index is 669. The minimum Gasteiger partial charge on any atom is -0.384 e. The van der Waals surface area contributed by atoms with Crippen molar-refractivity contribution < 1.29 is 14.4 Å². The minimum atomic E-state index is -0.399. The van der Waals surface area contributed by atoms with E-state index in [0.717, 1.165) is 0 Å². The normalized spacial score (nSPS) is 9.70. The van der Waals surface area contributed by atoms with Crippen molar-refractivity contribution in [2.24, 2.45) is 0 Å². The molecule has 0 saturated carbocycles. The number of carbonyl (C=O) groups excluding carboxylic acids is 1.